The van der Waals surface area contributed by atoms with Crippen molar-refractivity contribution in [2.45, 2.75) is 50.5 Å². The molecule has 0 amide bonds. The summed E-state index contributed by atoms with van der Waals surface area (Å²) in [6.45, 7) is 4.95. The highest BCUT2D eigenvalue weighted by Gasteiger charge is 2.35. The van der Waals surface area contributed by atoms with E-state index in [9.17, 15) is 0 Å². The maximum Gasteiger partial charge on any atom is 0.229 e. The lowest BCUT2D eigenvalue weighted by Crippen LogP contribution is -2.31. The van der Waals surface area contributed by atoms with Crippen LogP contribution >= 0.6 is 0 Å². The summed E-state index contributed by atoms with van der Waals surface area (Å²) in [7, 11) is 0. The summed E-state index contributed by atoms with van der Waals surface area (Å²) < 4.78 is 11.3. The molecule has 2 saturated heterocycles. The van der Waals surface area contributed by atoms with Gasteiger partial charge in [-0.25, -0.2) is 0 Å². The van der Waals surface area contributed by atoms with Crippen LogP contribution in [0.4, 0.5) is 0 Å². The normalized spacial score (nSPS) is 30.5. The van der Waals surface area contributed by atoms with Crippen molar-refractivity contribution in [2.75, 3.05) is 19.7 Å². The van der Waals surface area contributed by atoms with Crippen molar-refractivity contribution < 1.29 is 9.26 Å². The third-order valence-corrected chi connectivity index (χ3v) is 4.07. The number of aromatic nitrogens is 2. The zero-order chi connectivity index (χ0) is 12.4. The van der Waals surface area contributed by atoms with Crippen molar-refractivity contribution >= 4 is 0 Å². The Morgan fingerprint density at radius 2 is 2.11 bits per heavy atom. The molecular weight excluding hydrogens is 230 g/mol. The first-order valence-corrected chi connectivity index (χ1v) is 6.97. The maximum atomic E-state index is 5.85. The van der Waals surface area contributed by atoms with Crippen molar-refractivity contribution in [1.82, 2.24) is 15.5 Å². The molecule has 1 aromatic rings. The van der Waals surface area contributed by atoms with Gasteiger partial charge < -0.3 is 14.6 Å². The Morgan fingerprint density at radius 1 is 1.28 bits per heavy atom. The van der Waals surface area contributed by atoms with Crippen LogP contribution in [0.1, 0.15) is 56.7 Å². The molecule has 2 aliphatic heterocycles. The third-order valence-electron chi connectivity index (χ3n) is 4.07. The predicted octanol–water partition coefficient (Wildman–Crippen LogP) is 1.95. The topological polar surface area (TPSA) is 60.2 Å². The van der Waals surface area contributed by atoms with Gasteiger partial charge in [-0.2, -0.15) is 4.98 Å². The summed E-state index contributed by atoms with van der Waals surface area (Å²) in [5.74, 6) is 1.94. The molecule has 1 atom stereocenters. The molecule has 5 heteroatoms. The Bertz CT molecular complexity index is 393. The number of nitrogens with zero attached hydrogens (tertiary/aromatic N) is 2. The molecule has 2 fully saturated rings. The van der Waals surface area contributed by atoms with Gasteiger partial charge in [-0.1, -0.05) is 5.16 Å². The van der Waals surface area contributed by atoms with E-state index in [-0.39, 0.29) is 5.60 Å². The van der Waals surface area contributed by atoms with Gasteiger partial charge in [0.05, 0.1) is 0 Å². The number of hydrogen-bond donors (Lipinski definition) is 1. The fourth-order valence-corrected chi connectivity index (χ4v) is 2.80. The first-order valence-electron chi connectivity index (χ1n) is 6.97. The third kappa shape index (κ3) is 2.29. The molecule has 0 saturated carbocycles. The second-order valence-corrected chi connectivity index (χ2v) is 5.52. The van der Waals surface area contributed by atoms with Crippen LogP contribution in [-0.2, 0) is 10.3 Å². The van der Waals surface area contributed by atoms with Gasteiger partial charge in [0.15, 0.2) is 0 Å². The Morgan fingerprint density at radius 3 is 2.83 bits per heavy atom. The smallest absolute Gasteiger partial charge is 0.229 e. The van der Waals surface area contributed by atoms with E-state index >= 15 is 0 Å². The lowest BCUT2D eigenvalue weighted by Gasteiger charge is -2.30. The molecular formula is C13H21N3O2. The number of hydrogen-bond acceptors (Lipinski definition) is 5. The average molecular weight is 251 g/mol. The van der Waals surface area contributed by atoms with E-state index in [0.717, 1.165) is 57.1 Å². The van der Waals surface area contributed by atoms with E-state index < -0.39 is 0 Å². The van der Waals surface area contributed by atoms with Gasteiger partial charge in [0.25, 0.3) is 0 Å². The van der Waals surface area contributed by atoms with Crippen molar-refractivity contribution in [3.05, 3.63) is 11.7 Å². The standard InChI is InChI=1S/C13H21N3O2/c1-13(6-2-3-9-17-13)12-15-11(18-16-12)10-4-7-14-8-5-10/h10,14H,2-9H2,1H3. The summed E-state index contributed by atoms with van der Waals surface area (Å²) in [6.07, 6.45) is 5.46. The molecule has 1 aromatic heterocycles. The van der Waals surface area contributed by atoms with E-state index in [0.29, 0.717) is 5.92 Å². The zero-order valence-electron chi connectivity index (χ0n) is 10.9. The highest BCUT2D eigenvalue weighted by Crippen LogP contribution is 2.34. The molecule has 0 bridgehead atoms. The summed E-state index contributed by atoms with van der Waals surface area (Å²) in [4.78, 5) is 4.60. The van der Waals surface area contributed by atoms with E-state index in [1.807, 2.05) is 0 Å². The van der Waals surface area contributed by atoms with Crippen molar-refractivity contribution in [1.29, 1.82) is 0 Å². The van der Waals surface area contributed by atoms with Crippen LogP contribution in [0.2, 0.25) is 0 Å². The lowest BCUT2D eigenvalue weighted by molar-refractivity contribution is -0.0770. The molecule has 2 aliphatic rings. The monoisotopic (exact) mass is 251 g/mol. The largest absolute Gasteiger partial charge is 0.367 e. The number of nitrogens with one attached hydrogen (secondary N) is 1. The van der Waals surface area contributed by atoms with Crippen molar-refractivity contribution in [2.24, 2.45) is 0 Å². The molecule has 3 rings (SSSR count). The zero-order valence-corrected chi connectivity index (χ0v) is 10.9. The van der Waals surface area contributed by atoms with Crippen LogP contribution in [0.25, 0.3) is 0 Å². The van der Waals surface area contributed by atoms with Crippen molar-refractivity contribution in [3.8, 4) is 0 Å². The molecule has 100 valence electrons. The van der Waals surface area contributed by atoms with Crippen LogP contribution in [0.5, 0.6) is 0 Å². The number of ether oxygens (including phenoxy) is 1. The summed E-state index contributed by atoms with van der Waals surface area (Å²) in [5, 5.41) is 7.50. The molecule has 3 heterocycles. The first kappa shape index (κ1) is 12.1. The molecule has 0 aliphatic carbocycles. The molecule has 0 spiro atoms. The highest BCUT2D eigenvalue weighted by molar-refractivity contribution is 5.04. The fourth-order valence-electron chi connectivity index (χ4n) is 2.80. The minimum atomic E-state index is -0.340. The number of piperidine rings is 1. The van der Waals surface area contributed by atoms with Crippen LogP contribution < -0.4 is 5.32 Å². The molecule has 0 aromatic carbocycles. The first-order chi connectivity index (χ1) is 8.78. The van der Waals surface area contributed by atoms with Gasteiger partial charge in [-0.3, -0.25) is 0 Å². The van der Waals surface area contributed by atoms with Crippen LogP contribution in [0.3, 0.4) is 0 Å². The maximum absolute atomic E-state index is 5.85. The van der Waals surface area contributed by atoms with E-state index in [4.69, 9.17) is 9.26 Å². The molecule has 0 radical (unpaired) electrons. The quantitative estimate of drug-likeness (QED) is 0.870. The lowest BCUT2D eigenvalue weighted by atomic mass is 9.95. The van der Waals surface area contributed by atoms with Crippen molar-refractivity contribution in [3.63, 3.8) is 0 Å². The molecule has 1 unspecified atom stereocenters. The second-order valence-electron chi connectivity index (χ2n) is 5.52. The van der Waals surface area contributed by atoms with Crippen LogP contribution in [-0.4, -0.2) is 29.8 Å². The van der Waals surface area contributed by atoms with Gasteiger partial charge >= 0.3 is 0 Å². The number of rotatable bonds is 2. The minimum absolute atomic E-state index is 0.340. The summed E-state index contributed by atoms with van der Waals surface area (Å²) in [5.41, 5.74) is -0.340. The Kier molecular flexibility index (Phi) is 3.35. The van der Waals surface area contributed by atoms with Gasteiger partial charge in [0.2, 0.25) is 11.7 Å². The van der Waals surface area contributed by atoms with E-state index in [1.165, 1.54) is 6.42 Å². The van der Waals surface area contributed by atoms with Gasteiger partial charge in [-0.15, -0.1) is 0 Å². The van der Waals surface area contributed by atoms with Gasteiger partial charge in [0.1, 0.15) is 5.60 Å². The van der Waals surface area contributed by atoms with E-state index in [2.05, 4.69) is 22.4 Å². The predicted molar refractivity (Wildman–Crippen MR) is 66.3 cm³/mol. The molecule has 5 nitrogen and oxygen atoms in total. The second kappa shape index (κ2) is 4.97. The Hall–Kier alpha value is -0.940. The van der Waals surface area contributed by atoms with Crippen LogP contribution in [0.15, 0.2) is 4.52 Å². The fraction of sp³-hybridized carbons (Fsp3) is 0.846. The van der Waals surface area contributed by atoms with Gasteiger partial charge in [-0.05, 0) is 52.1 Å². The van der Waals surface area contributed by atoms with E-state index in [1.54, 1.807) is 0 Å². The van der Waals surface area contributed by atoms with Gasteiger partial charge in [0, 0.05) is 12.5 Å². The summed E-state index contributed by atoms with van der Waals surface area (Å²) in [6, 6.07) is 0. The molecule has 1 N–H and O–H groups in total. The molecule has 18 heavy (non-hydrogen) atoms. The average Bonchev–Trinajstić information content (AvgIpc) is 2.91. The van der Waals surface area contributed by atoms with Crippen LogP contribution in [0, 0.1) is 0 Å². The summed E-state index contributed by atoms with van der Waals surface area (Å²) >= 11 is 0. The minimum Gasteiger partial charge on any atom is -0.367 e. The Labute approximate surface area is 107 Å². The Balaban J connectivity index is 1.75. The highest BCUT2D eigenvalue weighted by atomic mass is 16.5. The SMILES string of the molecule is CC1(c2noc(C3CCNCC3)n2)CCCCO1.